The van der Waals surface area contributed by atoms with Crippen molar-refractivity contribution in [3.63, 3.8) is 0 Å². The number of nitrogens with zero attached hydrogens (tertiary/aromatic N) is 4. The third kappa shape index (κ3) is 5.70. The molecule has 138 valence electrons. The molecule has 0 aliphatic rings. The number of aliphatic imine (C=N–C) groups is 1. The first-order valence-corrected chi connectivity index (χ1v) is 8.87. The minimum Gasteiger partial charge on any atom is -0.356 e. The van der Waals surface area contributed by atoms with Gasteiger partial charge in [0, 0.05) is 44.4 Å². The third-order valence-electron chi connectivity index (χ3n) is 4.26. The summed E-state index contributed by atoms with van der Waals surface area (Å²) in [6.07, 6.45) is 0.938. The fourth-order valence-electron chi connectivity index (χ4n) is 2.82. The van der Waals surface area contributed by atoms with Crippen molar-refractivity contribution in [3.05, 3.63) is 51.3 Å². The number of benzene rings is 1. The summed E-state index contributed by atoms with van der Waals surface area (Å²) < 4.78 is 3.06. The molecule has 7 heteroatoms. The van der Waals surface area contributed by atoms with Crippen LogP contribution in [0.25, 0.3) is 0 Å². The molecule has 0 spiro atoms. The smallest absolute Gasteiger partial charge is 0.193 e. The van der Waals surface area contributed by atoms with Crippen LogP contribution in [0.3, 0.4) is 0 Å². The quantitative estimate of drug-likeness (QED) is 0.372. The Balaban J connectivity index is 0.00000312. The first-order valence-electron chi connectivity index (χ1n) is 8.08. The molecule has 0 aliphatic heterocycles. The lowest BCUT2D eigenvalue weighted by Crippen LogP contribution is -2.39. The van der Waals surface area contributed by atoms with Crippen molar-refractivity contribution in [2.45, 2.75) is 26.8 Å². The van der Waals surface area contributed by atoms with E-state index in [0.29, 0.717) is 0 Å². The Hall–Kier alpha value is -1.09. The Morgan fingerprint density at radius 2 is 2.00 bits per heavy atom. The average Bonchev–Trinajstić information content (AvgIpc) is 2.79. The SMILES string of the molecule is CN=C(NCCc1c(C)nn(C)c1C)N(C)Cc1ccccc1Br.I. The summed E-state index contributed by atoms with van der Waals surface area (Å²) in [5.41, 5.74) is 4.88. The minimum atomic E-state index is 0. The Morgan fingerprint density at radius 3 is 2.56 bits per heavy atom. The van der Waals surface area contributed by atoms with E-state index in [1.807, 2.05) is 24.8 Å². The van der Waals surface area contributed by atoms with Crippen molar-refractivity contribution in [1.82, 2.24) is 20.0 Å². The molecule has 1 N–H and O–H groups in total. The molecular weight excluding hydrogens is 493 g/mol. The lowest BCUT2D eigenvalue weighted by molar-refractivity contribution is 0.476. The summed E-state index contributed by atoms with van der Waals surface area (Å²) in [5.74, 6) is 0.893. The van der Waals surface area contributed by atoms with Gasteiger partial charge in [0.15, 0.2) is 5.96 Å². The van der Waals surface area contributed by atoms with Crippen molar-refractivity contribution in [1.29, 1.82) is 0 Å². The van der Waals surface area contributed by atoms with E-state index < -0.39 is 0 Å². The zero-order valence-electron chi connectivity index (χ0n) is 15.5. The fraction of sp³-hybridized carbons (Fsp3) is 0.444. The summed E-state index contributed by atoms with van der Waals surface area (Å²) in [4.78, 5) is 6.52. The van der Waals surface area contributed by atoms with Crippen molar-refractivity contribution >= 4 is 45.9 Å². The normalized spacial score (nSPS) is 11.2. The molecule has 2 rings (SSSR count). The lowest BCUT2D eigenvalue weighted by Gasteiger charge is -2.22. The van der Waals surface area contributed by atoms with Crippen molar-refractivity contribution < 1.29 is 0 Å². The largest absolute Gasteiger partial charge is 0.356 e. The van der Waals surface area contributed by atoms with Crippen LogP contribution in [0.2, 0.25) is 0 Å². The number of rotatable bonds is 5. The summed E-state index contributed by atoms with van der Waals surface area (Å²) in [5, 5.41) is 7.92. The first-order chi connectivity index (χ1) is 11.4. The van der Waals surface area contributed by atoms with E-state index in [1.54, 1.807) is 0 Å². The fourth-order valence-corrected chi connectivity index (χ4v) is 3.23. The number of aromatic nitrogens is 2. The highest BCUT2D eigenvalue weighted by Gasteiger charge is 2.11. The van der Waals surface area contributed by atoms with Crippen molar-refractivity contribution in [3.8, 4) is 0 Å². The number of aryl methyl sites for hydroxylation is 2. The number of halogens is 2. The molecule has 0 saturated heterocycles. The van der Waals surface area contributed by atoms with Crippen LogP contribution in [-0.2, 0) is 20.0 Å². The minimum absolute atomic E-state index is 0. The van der Waals surface area contributed by atoms with E-state index in [2.05, 4.69) is 75.3 Å². The maximum Gasteiger partial charge on any atom is 0.193 e. The summed E-state index contributed by atoms with van der Waals surface area (Å²) >= 11 is 3.60. The van der Waals surface area contributed by atoms with Gasteiger partial charge in [-0.2, -0.15) is 5.10 Å². The number of guanidine groups is 1. The maximum absolute atomic E-state index is 4.47. The topological polar surface area (TPSA) is 45.5 Å². The van der Waals surface area contributed by atoms with Crippen LogP contribution in [0.4, 0.5) is 0 Å². The molecule has 0 saturated carbocycles. The highest BCUT2D eigenvalue weighted by Crippen LogP contribution is 2.17. The first kappa shape index (κ1) is 22.0. The van der Waals surface area contributed by atoms with Crippen LogP contribution < -0.4 is 5.32 Å². The van der Waals surface area contributed by atoms with Gasteiger partial charge in [0.2, 0.25) is 0 Å². The van der Waals surface area contributed by atoms with Crippen LogP contribution in [0.5, 0.6) is 0 Å². The highest BCUT2D eigenvalue weighted by molar-refractivity contribution is 14.0. The summed E-state index contributed by atoms with van der Waals surface area (Å²) in [6, 6.07) is 8.26. The van der Waals surface area contributed by atoms with Crippen LogP contribution in [0.15, 0.2) is 33.7 Å². The second-order valence-corrected chi connectivity index (χ2v) is 6.80. The van der Waals surface area contributed by atoms with Crippen LogP contribution in [-0.4, -0.2) is 41.3 Å². The molecule has 1 aromatic heterocycles. The molecule has 0 bridgehead atoms. The van der Waals surface area contributed by atoms with Gasteiger partial charge in [0.25, 0.3) is 0 Å². The van der Waals surface area contributed by atoms with Gasteiger partial charge in [-0.15, -0.1) is 24.0 Å². The van der Waals surface area contributed by atoms with Gasteiger partial charge in [-0.1, -0.05) is 34.1 Å². The molecular formula is C18H27BrIN5. The summed E-state index contributed by atoms with van der Waals surface area (Å²) in [6.45, 7) is 5.81. The molecule has 25 heavy (non-hydrogen) atoms. The molecule has 0 atom stereocenters. The molecule has 1 aromatic carbocycles. The van der Waals surface area contributed by atoms with Gasteiger partial charge < -0.3 is 10.2 Å². The molecule has 2 aromatic rings. The van der Waals surface area contributed by atoms with E-state index in [1.165, 1.54) is 16.8 Å². The predicted octanol–water partition coefficient (Wildman–Crippen LogP) is 3.67. The van der Waals surface area contributed by atoms with E-state index in [0.717, 1.165) is 35.6 Å². The van der Waals surface area contributed by atoms with E-state index in [-0.39, 0.29) is 24.0 Å². The molecule has 0 amide bonds. The number of hydrogen-bond acceptors (Lipinski definition) is 2. The predicted molar refractivity (Wildman–Crippen MR) is 119 cm³/mol. The Labute approximate surface area is 176 Å². The van der Waals surface area contributed by atoms with Gasteiger partial charge in [-0.25, -0.2) is 0 Å². The zero-order valence-corrected chi connectivity index (χ0v) is 19.4. The average molecular weight is 520 g/mol. The maximum atomic E-state index is 4.47. The molecule has 0 radical (unpaired) electrons. The molecule has 5 nitrogen and oxygen atoms in total. The summed E-state index contributed by atoms with van der Waals surface area (Å²) in [7, 11) is 5.86. The van der Waals surface area contributed by atoms with E-state index >= 15 is 0 Å². The standard InChI is InChI=1S/C18H26BrN5.HI/c1-13-16(14(2)24(5)22-13)10-11-21-18(20-3)23(4)12-15-8-6-7-9-17(15)19;/h6-9H,10-12H2,1-5H3,(H,20,21);1H. The number of hydrogen-bond donors (Lipinski definition) is 1. The second kappa shape index (κ2) is 10.2. The van der Waals surface area contributed by atoms with Crippen LogP contribution in [0, 0.1) is 13.8 Å². The van der Waals surface area contributed by atoms with Gasteiger partial charge in [-0.05, 0) is 37.5 Å². The van der Waals surface area contributed by atoms with Gasteiger partial charge in [0.1, 0.15) is 0 Å². The Bertz CT molecular complexity index is 726. The van der Waals surface area contributed by atoms with Gasteiger partial charge in [-0.3, -0.25) is 9.67 Å². The molecule has 0 fully saturated rings. The molecule has 0 unspecified atom stereocenters. The van der Waals surface area contributed by atoms with Crippen LogP contribution in [0.1, 0.15) is 22.5 Å². The lowest BCUT2D eigenvalue weighted by atomic mass is 10.1. The van der Waals surface area contributed by atoms with Gasteiger partial charge >= 0.3 is 0 Å². The van der Waals surface area contributed by atoms with E-state index in [4.69, 9.17) is 0 Å². The number of nitrogens with one attached hydrogen (secondary N) is 1. The van der Waals surface area contributed by atoms with Crippen molar-refractivity contribution in [2.24, 2.45) is 12.0 Å². The highest BCUT2D eigenvalue weighted by atomic mass is 127. The Morgan fingerprint density at radius 1 is 1.32 bits per heavy atom. The zero-order chi connectivity index (χ0) is 17.7. The monoisotopic (exact) mass is 519 g/mol. The Kier molecular flexibility index (Phi) is 8.92. The van der Waals surface area contributed by atoms with Crippen LogP contribution >= 0.6 is 39.9 Å². The molecule has 0 aliphatic carbocycles. The second-order valence-electron chi connectivity index (χ2n) is 5.94. The van der Waals surface area contributed by atoms with Crippen molar-refractivity contribution in [2.75, 3.05) is 20.6 Å². The van der Waals surface area contributed by atoms with E-state index in [9.17, 15) is 0 Å². The third-order valence-corrected chi connectivity index (χ3v) is 5.03. The van der Waals surface area contributed by atoms with Gasteiger partial charge in [0.05, 0.1) is 5.69 Å². The molecule has 1 heterocycles.